The molecule has 0 spiro atoms. The molecule has 0 aliphatic heterocycles. The van der Waals surface area contributed by atoms with Crippen molar-refractivity contribution in [3.05, 3.63) is 48.5 Å². The standard InChI is InChI=1S/C42H62O6/c1-5-9-13-15-17-19-29-37(41(43)45-31-11-7-3)47-39-33-25-21-23-27-35(33)40(36-28-24-22-26-34(36)39)48-38(42(44)46-32-12-8-4)30-20-18-16-14-10-6-2/h21-28,37-38H,5-20,29-32H2,1-4H3. The Morgan fingerprint density at radius 2 is 0.771 bits per heavy atom. The molecule has 2 unspecified atom stereocenters. The number of fused-ring (bicyclic) bond motifs is 2. The van der Waals surface area contributed by atoms with Gasteiger partial charge in [0, 0.05) is 21.5 Å². The fourth-order valence-corrected chi connectivity index (χ4v) is 6.08. The molecule has 0 fully saturated rings. The zero-order valence-electron chi connectivity index (χ0n) is 30.4. The number of rotatable bonds is 26. The first-order valence-electron chi connectivity index (χ1n) is 19.2. The first-order valence-corrected chi connectivity index (χ1v) is 19.2. The van der Waals surface area contributed by atoms with Crippen LogP contribution in [0.5, 0.6) is 11.5 Å². The van der Waals surface area contributed by atoms with Crippen molar-refractivity contribution in [2.24, 2.45) is 0 Å². The van der Waals surface area contributed by atoms with Crippen LogP contribution in [0.2, 0.25) is 0 Å². The van der Waals surface area contributed by atoms with Crippen LogP contribution in [0.4, 0.5) is 0 Å². The minimum absolute atomic E-state index is 0.306. The average Bonchev–Trinajstić information content (AvgIpc) is 3.10. The predicted molar refractivity (Wildman–Crippen MR) is 198 cm³/mol. The van der Waals surface area contributed by atoms with Crippen LogP contribution in [0, 0.1) is 0 Å². The highest BCUT2D eigenvalue weighted by Gasteiger charge is 2.28. The minimum Gasteiger partial charge on any atom is -0.477 e. The van der Waals surface area contributed by atoms with Gasteiger partial charge in [0.25, 0.3) is 0 Å². The smallest absolute Gasteiger partial charge is 0.347 e. The number of hydrogen-bond acceptors (Lipinski definition) is 6. The van der Waals surface area contributed by atoms with E-state index in [1.54, 1.807) is 0 Å². The summed E-state index contributed by atoms with van der Waals surface area (Å²) < 4.78 is 24.9. The summed E-state index contributed by atoms with van der Waals surface area (Å²) in [4.78, 5) is 26.8. The summed E-state index contributed by atoms with van der Waals surface area (Å²) in [5.41, 5.74) is 0. The van der Waals surface area contributed by atoms with Crippen LogP contribution in [0.15, 0.2) is 48.5 Å². The minimum atomic E-state index is -0.708. The molecular weight excluding hydrogens is 600 g/mol. The third-order valence-corrected chi connectivity index (χ3v) is 9.00. The van der Waals surface area contributed by atoms with E-state index in [4.69, 9.17) is 18.9 Å². The van der Waals surface area contributed by atoms with Gasteiger partial charge < -0.3 is 18.9 Å². The summed E-state index contributed by atoms with van der Waals surface area (Å²) >= 11 is 0. The topological polar surface area (TPSA) is 71.1 Å². The van der Waals surface area contributed by atoms with Crippen LogP contribution in [0.3, 0.4) is 0 Å². The number of carbonyl (C=O) groups excluding carboxylic acids is 2. The summed E-state index contributed by atoms with van der Waals surface area (Å²) in [6, 6.07) is 15.9. The molecule has 3 aromatic carbocycles. The molecule has 6 nitrogen and oxygen atoms in total. The van der Waals surface area contributed by atoms with E-state index in [0.29, 0.717) is 37.6 Å². The van der Waals surface area contributed by atoms with Gasteiger partial charge in [0.15, 0.2) is 12.2 Å². The number of esters is 2. The lowest BCUT2D eigenvalue weighted by atomic mass is 9.99. The van der Waals surface area contributed by atoms with Crippen LogP contribution in [0.1, 0.15) is 143 Å². The van der Waals surface area contributed by atoms with E-state index in [1.165, 1.54) is 38.5 Å². The molecule has 266 valence electrons. The number of unbranched alkanes of at least 4 members (excludes halogenated alkanes) is 12. The fraction of sp³-hybridized carbons (Fsp3) is 0.619. The Labute approximate surface area is 290 Å². The van der Waals surface area contributed by atoms with Gasteiger partial charge in [0.2, 0.25) is 0 Å². The quantitative estimate of drug-likeness (QED) is 0.0484. The third kappa shape index (κ3) is 12.6. The van der Waals surface area contributed by atoms with E-state index >= 15 is 0 Å². The summed E-state index contributed by atoms with van der Waals surface area (Å²) in [6.45, 7) is 9.40. The lowest BCUT2D eigenvalue weighted by Gasteiger charge is -2.24. The molecule has 48 heavy (non-hydrogen) atoms. The third-order valence-electron chi connectivity index (χ3n) is 9.00. The molecule has 0 aromatic heterocycles. The van der Waals surface area contributed by atoms with Crippen LogP contribution in [-0.4, -0.2) is 37.4 Å². The van der Waals surface area contributed by atoms with Gasteiger partial charge in [-0.1, -0.05) is 153 Å². The van der Waals surface area contributed by atoms with Crippen molar-refractivity contribution in [2.45, 2.75) is 155 Å². The van der Waals surface area contributed by atoms with Crippen molar-refractivity contribution in [3.63, 3.8) is 0 Å². The second-order valence-corrected chi connectivity index (χ2v) is 13.1. The molecular formula is C42H62O6. The summed E-state index contributed by atoms with van der Waals surface area (Å²) in [7, 11) is 0. The van der Waals surface area contributed by atoms with Crippen molar-refractivity contribution >= 4 is 33.5 Å². The molecule has 2 atom stereocenters. The molecule has 0 radical (unpaired) electrons. The molecule has 0 amide bonds. The molecule has 6 heteroatoms. The molecule has 0 saturated heterocycles. The monoisotopic (exact) mass is 662 g/mol. The van der Waals surface area contributed by atoms with Gasteiger partial charge >= 0.3 is 11.9 Å². The van der Waals surface area contributed by atoms with Crippen LogP contribution >= 0.6 is 0 Å². The Morgan fingerprint density at radius 1 is 0.458 bits per heavy atom. The van der Waals surface area contributed by atoms with Crippen molar-refractivity contribution in [1.29, 1.82) is 0 Å². The Balaban J connectivity index is 1.96. The maximum Gasteiger partial charge on any atom is 0.347 e. The van der Waals surface area contributed by atoms with Gasteiger partial charge in [-0.3, -0.25) is 0 Å². The molecule has 0 aliphatic rings. The molecule has 3 rings (SSSR count). The molecule has 0 bridgehead atoms. The second kappa shape index (κ2) is 23.1. The van der Waals surface area contributed by atoms with Gasteiger partial charge in [-0.25, -0.2) is 9.59 Å². The normalized spacial score (nSPS) is 12.6. The van der Waals surface area contributed by atoms with Crippen LogP contribution < -0.4 is 9.47 Å². The Hall–Kier alpha value is -3.28. The van der Waals surface area contributed by atoms with Crippen molar-refractivity contribution in [1.82, 2.24) is 0 Å². The van der Waals surface area contributed by atoms with E-state index in [0.717, 1.165) is 85.8 Å². The number of hydrogen-bond donors (Lipinski definition) is 0. The van der Waals surface area contributed by atoms with E-state index < -0.39 is 12.2 Å². The zero-order chi connectivity index (χ0) is 34.4. The Kier molecular flexibility index (Phi) is 18.9. The van der Waals surface area contributed by atoms with Crippen LogP contribution in [-0.2, 0) is 19.1 Å². The molecule has 0 saturated carbocycles. The summed E-state index contributed by atoms with van der Waals surface area (Å²) in [6.07, 6.45) is 16.9. The summed E-state index contributed by atoms with van der Waals surface area (Å²) in [5, 5.41) is 3.38. The Morgan fingerprint density at radius 3 is 1.10 bits per heavy atom. The van der Waals surface area contributed by atoms with E-state index in [1.807, 2.05) is 48.5 Å². The summed E-state index contributed by atoms with van der Waals surface area (Å²) in [5.74, 6) is 0.684. The highest BCUT2D eigenvalue weighted by molar-refractivity contribution is 6.11. The predicted octanol–water partition coefficient (Wildman–Crippen LogP) is 11.7. The fourth-order valence-electron chi connectivity index (χ4n) is 6.08. The van der Waals surface area contributed by atoms with Crippen molar-refractivity contribution in [2.75, 3.05) is 13.2 Å². The van der Waals surface area contributed by atoms with Gasteiger partial charge in [0.05, 0.1) is 13.2 Å². The molecule has 0 N–H and O–H groups in total. The van der Waals surface area contributed by atoms with E-state index in [-0.39, 0.29) is 11.9 Å². The first-order chi connectivity index (χ1) is 23.5. The lowest BCUT2D eigenvalue weighted by molar-refractivity contribution is -0.153. The number of carbonyl (C=O) groups is 2. The molecule has 3 aromatic rings. The maximum absolute atomic E-state index is 13.4. The largest absolute Gasteiger partial charge is 0.477 e. The average molecular weight is 663 g/mol. The second-order valence-electron chi connectivity index (χ2n) is 13.1. The first kappa shape index (κ1) is 39.2. The van der Waals surface area contributed by atoms with Gasteiger partial charge in [-0.2, -0.15) is 0 Å². The molecule has 0 heterocycles. The lowest BCUT2D eigenvalue weighted by Crippen LogP contribution is -2.30. The zero-order valence-corrected chi connectivity index (χ0v) is 30.4. The van der Waals surface area contributed by atoms with E-state index in [9.17, 15) is 9.59 Å². The maximum atomic E-state index is 13.4. The molecule has 0 aliphatic carbocycles. The van der Waals surface area contributed by atoms with Gasteiger partial charge in [-0.05, 0) is 38.5 Å². The van der Waals surface area contributed by atoms with Crippen molar-refractivity contribution in [3.8, 4) is 11.5 Å². The number of benzene rings is 3. The highest BCUT2D eigenvalue weighted by Crippen LogP contribution is 2.44. The van der Waals surface area contributed by atoms with Gasteiger partial charge in [0.1, 0.15) is 11.5 Å². The highest BCUT2D eigenvalue weighted by atomic mass is 16.6. The Bertz CT molecular complexity index is 1190. The SMILES string of the molecule is CCCCCCCCC(Oc1c2ccccc2c(OC(CCCCCCCC)C(=O)OCCCC)c2ccccc12)C(=O)OCCCC. The van der Waals surface area contributed by atoms with Gasteiger partial charge in [-0.15, -0.1) is 0 Å². The van der Waals surface area contributed by atoms with Crippen molar-refractivity contribution < 1.29 is 28.5 Å². The number of ether oxygens (including phenoxy) is 4. The van der Waals surface area contributed by atoms with Crippen LogP contribution in [0.25, 0.3) is 21.5 Å². The van der Waals surface area contributed by atoms with E-state index in [2.05, 4.69) is 27.7 Å².